The molecule has 0 radical (unpaired) electrons. The standard InChI is InChI=1S/C11H19N3OS/c1-11(2,3)6-8(7-12)9(15)14-10-13-4-5-16-10/h4-5,8H,6-7,12H2,1-3H3,(H,13,14,15). The Hall–Kier alpha value is -0.940. The molecule has 1 atom stereocenters. The molecule has 5 heteroatoms. The summed E-state index contributed by atoms with van der Waals surface area (Å²) < 4.78 is 0. The normalized spacial score (nSPS) is 13.5. The molecule has 3 N–H and O–H groups in total. The molecule has 1 aromatic heterocycles. The van der Waals surface area contributed by atoms with Gasteiger partial charge in [-0.3, -0.25) is 4.79 Å². The number of nitrogens with zero attached hydrogens (tertiary/aromatic N) is 1. The van der Waals surface area contributed by atoms with Crippen LogP contribution in [0.5, 0.6) is 0 Å². The molecule has 0 bridgehead atoms. The van der Waals surface area contributed by atoms with Crippen molar-refractivity contribution in [1.82, 2.24) is 4.98 Å². The van der Waals surface area contributed by atoms with Crippen molar-refractivity contribution in [3.63, 3.8) is 0 Å². The maximum absolute atomic E-state index is 11.9. The zero-order valence-electron chi connectivity index (χ0n) is 9.99. The first kappa shape index (κ1) is 13.1. The van der Waals surface area contributed by atoms with Crippen molar-refractivity contribution in [2.45, 2.75) is 27.2 Å². The zero-order valence-corrected chi connectivity index (χ0v) is 10.8. The molecular formula is C11H19N3OS. The number of thiazole rings is 1. The van der Waals surface area contributed by atoms with Gasteiger partial charge in [0.05, 0.1) is 5.92 Å². The van der Waals surface area contributed by atoms with Gasteiger partial charge in [0.1, 0.15) is 0 Å². The van der Waals surface area contributed by atoms with Gasteiger partial charge in [0.25, 0.3) is 0 Å². The Labute approximate surface area is 100 Å². The Morgan fingerprint density at radius 3 is 2.75 bits per heavy atom. The minimum atomic E-state index is -0.149. The largest absolute Gasteiger partial charge is 0.330 e. The van der Waals surface area contributed by atoms with Crippen LogP contribution in [0.2, 0.25) is 0 Å². The van der Waals surface area contributed by atoms with E-state index in [4.69, 9.17) is 5.73 Å². The third-order valence-electron chi connectivity index (χ3n) is 2.18. The molecule has 0 aliphatic carbocycles. The predicted octanol–water partition coefficient (Wildman–Crippen LogP) is 2.09. The second-order valence-corrected chi connectivity index (χ2v) is 5.92. The van der Waals surface area contributed by atoms with E-state index in [1.807, 2.05) is 5.38 Å². The molecule has 1 heterocycles. The van der Waals surface area contributed by atoms with Crippen LogP contribution in [0.3, 0.4) is 0 Å². The van der Waals surface area contributed by atoms with Crippen LogP contribution in [0.15, 0.2) is 11.6 Å². The van der Waals surface area contributed by atoms with E-state index in [0.717, 1.165) is 6.42 Å². The third kappa shape index (κ3) is 4.28. The number of amides is 1. The second-order valence-electron chi connectivity index (χ2n) is 5.02. The van der Waals surface area contributed by atoms with Crippen molar-refractivity contribution in [1.29, 1.82) is 0 Å². The maximum Gasteiger partial charge on any atom is 0.230 e. The van der Waals surface area contributed by atoms with Crippen molar-refractivity contribution < 1.29 is 4.79 Å². The average Bonchev–Trinajstić information content (AvgIpc) is 2.65. The van der Waals surface area contributed by atoms with Crippen LogP contribution in [-0.4, -0.2) is 17.4 Å². The molecule has 1 rings (SSSR count). The van der Waals surface area contributed by atoms with E-state index in [1.54, 1.807) is 6.20 Å². The molecule has 1 amide bonds. The molecule has 0 saturated carbocycles. The summed E-state index contributed by atoms with van der Waals surface area (Å²) in [5.74, 6) is -0.184. The summed E-state index contributed by atoms with van der Waals surface area (Å²) in [7, 11) is 0. The van der Waals surface area contributed by atoms with E-state index in [-0.39, 0.29) is 17.2 Å². The Balaban J connectivity index is 2.56. The van der Waals surface area contributed by atoms with Crippen molar-refractivity contribution in [2.24, 2.45) is 17.1 Å². The maximum atomic E-state index is 11.9. The smallest absolute Gasteiger partial charge is 0.230 e. The Kier molecular flexibility index (Phi) is 4.44. The number of nitrogens with one attached hydrogen (secondary N) is 1. The molecule has 4 nitrogen and oxygen atoms in total. The predicted molar refractivity (Wildman–Crippen MR) is 67.4 cm³/mol. The summed E-state index contributed by atoms with van der Waals surface area (Å²) in [5.41, 5.74) is 5.73. The van der Waals surface area contributed by atoms with E-state index in [2.05, 4.69) is 31.1 Å². The van der Waals surface area contributed by atoms with Gasteiger partial charge in [-0.2, -0.15) is 0 Å². The summed E-state index contributed by atoms with van der Waals surface area (Å²) in [4.78, 5) is 15.9. The number of aromatic nitrogens is 1. The molecule has 0 saturated heterocycles. The lowest BCUT2D eigenvalue weighted by atomic mass is 9.84. The first-order valence-electron chi connectivity index (χ1n) is 5.33. The monoisotopic (exact) mass is 241 g/mol. The summed E-state index contributed by atoms with van der Waals surface area (Å²) in [6.45, 7) is 6.68. The molecule has 16 heavy (non-hydrogen) atoms. The minimum Gasteiger partial charge on any atom is -0.330 e. The van der Waals surface area contributed by atoms with Gasteiger partial charge < -0.3 is 11.1 Å². The van der Waals surface area contributed by atoms with Crippen LogP contribution in [0.25, 0.3) is 0 Å². The van der Waals surface area contributed by atoms with Crippen LogP contribution in [-0.2, 0) is 4.79 Å². The van der Waals surface area contributed by atoms with E-state index >= 15 is 0 Å². The van der Waals surface area contributed by atoms with Gasteiger partial charge in [-0.05, 0) is 11.8 Å². The lowest BCUT2D eigenvalue weighted by molar-refractivity contribution is -0.120. The summed E-state index contributed by atoms with van der Waals surface area (Å²) in [6, 6.07) is 0. The molecule has 0 fully saturated rings. The van der Waals surface area contributed by atoms with Crippen molar-refractivity contribution in [2.75, 3.05) is 11.9 Å². The average molecular weight is 241 g/mol. The van der Waals surface area contributed by atoms with Gasteiger partial charge in [0.2, 0.25) is 5.91 Å². The molecule has 90 valence electrons. The quantitative estimate of drug-likeness (QED) is 0.848. The minimum absolute atomic E-state index is 0.0348. The summed E-state index contributed by atoms with van der Waals surface area (Å²) >= 11 is 1.41. The number of carbonyl (C=O) groups is 1. The zero-order chi connectivity index (χ0) is 12.2. The molecule has 0 aliphatic rings. The number of carbonyl (C=O) groups excluding carboxylic acids is 1. The highest BCUT2D eigenvalue weighted by Crippen LogP contribution is 2.25. The van der Waals surface area contributed by atoms with Crippen LogP contribution in [0.1, 0.15) is 27.2 Å². The number of rotatable bonds is 4. The van der Waals surface area contributed by atoms with E-state index in [0.29, 0.717) is 11.7 Å². The molecule has 1 aromatic rings. The SMILES string of the molecule is CC(C)(C)CC(CN)C(=O)Nc1nccs1. The fourth-order valence-electron chi connectivity index (χ4n) is 1.51. The molecule has 0 aliphatic heterocycles. The fourth-order valence-corrected chi connectivity index (χ4v) is 2.05. The second kappa shape index (κ2) is 5.41. The van der Waals surface area contributed by atoms with E-state index in [9.17, 15) is 4.79 Å². The highest BCUT2D eigenvalue weighted by atomic mass is 32.1. The summed E-state index contributed by atoms with van der Waals surface area (Å²) in [6.07, 6.45) is 2.45. The number of anilines is 1. The Bertz CT molecular complexity index is 329. The number of nitrogens with two attached hydrogens (primary N) is 1. The molecule has 0 aromatic carbocycles. The van der Waals surface area contributed by atoms with Gasteiger partial charge in [-0.15, -0.1) is 11.3 Å². The van der Waals surface area contributed by atoms with E-state index in [1.165, 1.54) is 11.3 Å². The van der Waals surface area contributed by atoms with Crippen molar-refractivity contribution in [3.8, 4) is 0 Å². The van der Waals surface area contributed by atoms with Gasteiger partial charge in [-0.25, -0.2) is 4.98 Å². The first-order chi connectivity index (χ1) is 7.42. The van der Waals surface area contributed by atoms with Crippen molar-refractivity contribution in [3.05, 3.63) is 11.6 Å². The molecular weight excluding hydrogens is 222 g/mol. The van der Waals surface area contributed by atoms with Gasteiger partial charge in [-0.1, -0.05) is 20.8 Å². The Morgan fingerprint density at radius 1 is 1.62 bits per heavy atom. The van der Waals surface area contributed by atoms with Gasteiger partial charge >= 0.3 is 0 Å². The lowest BCUT2D eigenvalue weighted by Gasteiger charge is -2.23. The van der Waals surface area contributed by atoms with Crippen LogP contribution >= 0.6 is 11.3 Å². The van der Waals surface area contributed by atoms with Crippen LogP contribution in [0.4, 0.5) is 5.13 Å². The lowest BCUT2D eigenvalue weighted by Crippen LogP contribution is -2.32. The molecule has 0 spiro atoms. The molecule has 1 unspecified atom stereocenters. The van der Waals surface area contributed by atoms with E-state index < -0.39 is 0 Å². The van der Waals surface area contributed by atoms with Crippen LogP contribution < -0.4 is 11.1 Å². The van der Waals surface area contributed by atoms with Crippen molar-refractivity contribution >= 4 is 22.4 Å². The van der Waals surface area contributed by atoms with Gasteiger partial charge in [0, 0.05) is 18.1 Å². The first-order valence-corrected chi connectivity index (χ1v) is 6.21. The van der Waals surface area contributed by atoms with Gasteiger partial charge in [0.15, 0.2) is 5.13 Å². The Morgan fingerprint density at radius 2 is 2.31 bits per heavy atom. The number of hydrogen-bond acceptors (Lipinski definition) is 4. The highest BCUT2D eigenvalue weighted by Gasteiger charge is 2.24. The topological polar surface area (TPSA) is 68.0 Å². The fraction of sp³-hybridized carbons (Fsp3) is 0.636. The number of hydrogen-bond donors (Lipinski definition) is 2. The third-order valence-corrected chi connectivity index (χ3v) is 2.87. The highest BCUT2D eigenvalue weighted by molar-refractivity contribution is 7.13. The summed E-state index contributed by atoms with van der Waals surface area (Å²) in [5, 5.41) is 5.25. The van der Waals surface area contributed by atoms with Crippen LogP contribution in [0, 0.1) is 11.3 Å².